The number of nitrogens with one attached hydrogen (secondary N) is 1. The molecule has 0 bridgehead atoms. The summed E-state index contributed by atoms with van der Waals surface area (Å²) in [7, 11) is 1.64. The van der Waals surface area contributed by atoms with Crippen LogP contribution in [-0.2, 0) is 6.54 Å². The van der Waals surface area contributed by atoms with Gasteiger partial charge in [0.05, 0.1) is 24.4 Å². The minimum Gasteiger partial charge on any atom is -0.497 e. The van der Waals surface area contributed by atoms with Gasteiger partial charge in [-0.25, -0.2) is 9.97 Å². The molecule has 0 spiro atoms. The second-order valence-electron chi connectivity index (χ2n) is 8.80. The summed E-state index contributed by atoms with van der Waals surface area (Å²) in [5.41, 5.74) is 2.29. The lowest BCUT2D eigenvalue weighted by Gasteiger charge is -2.42. The average molecular weight is 423 g/mol. The van der Waals surface area contributed by atoms with E-state index in [0.717, 1.165) is 35.8 Å². The Bertz CT molecular complexity index is 895. The molecule has 0 radical (unpaired) electrons. The molecule has 1 N–H and O–H groups in total. The number of amides is 1. The SMILES string of the molecule is COc1cccc(CNC(=O)c2cnc(C3CCCCN3C3CCCCC3)nc2C)c1. The molecule has 31 heavy (non-hydrogen) atoms. The summed E-state index contributed by atoms with van der Waals surface area (Å²) < 4.78 is 5.25. The molecule has 1 atom stereocenters. The number of benzene rings is 1. The second-order valence-corrected chi connectivity index (χ2v) is 8.80. The molecular weight excluding hydrogens is 388 g/mol. The zero-order valence-corrected chi connectivity index (χ0v) is 18.8. The highest BCUT2D eigenvalue weighted by Crippen LogP contribution is 2.35. The van der Waals surface area contributed by atoms with Crippen LogP contribution < -0.4 is 10.1 Å². The van der Waals surface area contributed by atoms with Crippen molar-refractivity contribution in [2.24, 2.45) is 0 Å². The van der Waals surface area contributed by atoms with Crippen molar-refractivity contribution in [3.63, 3.8) is 0 Å². The highest BCUT2D eigenvalue weighted by molar-refractivity contribution is 5.94. The number of carbonyl (C=O) groups excluding carboxylic acids is 1. The van der Waals surface area contributed by atoms with Crippen LogP contribution in [0.4, 0.5) is 0 Å². The Morgan fingerprint density at radius 1 is 1.16 bits per heavy atom. The van der Waals surface area contributed by atoms with Gasteiger partial charge in [0, 0.05) is 18.8 Å². The van der Waals surface area contributed by atoms with Crippen molar-refractivity contribution in [2.45, 2.75) is 76.9 Å². The number of aromatic nitrogens is 2. The quantitative estimate of drug-likeness (QED) is 0.738. The van der Waals surface area contributed by atoms with E-state index < -0.39 is 0 Å². The Hall–Kier alpha value is -2.47. The van der Waals surface area contributed by atoms with Gasteiger partial charge in [-0.3, -0.25) is 9.69 Å². The van der Waals surface area contributed by atoms with E-state index in [4.69, 9.17) is 9.72 Å². The molecule has 4 rings (SSSR count). The molecule has 1 aromatic heterocycles. The maximum atomic E-state index is 12.8. The number of aryl methyl sites for hydroxylation is 1. The van der Waals surface area contributed by atoms with Crippen LogP contribution in [0.3, 0.4) is 0 Å². The Morgan fingerprint density at radius 2 is 1.97 bits per heavy atom. The molecule has 6 heteroatoms. The van der Waals surface area contributed by atoms with Crippen LogP contribution in [0, 0.1) is 6.92 Å². The summed E-state index contributed by atoms with van der Waals surface area (Å²) in [6, 6.07) is 8.65. The molecule has 2 fully saturated rings. The highest BCUT2D eigenvalue weighted by atomic mass is 16.5. The molecule has 1 amide bonds. The molecule has 1 aromatic carbocycles. The van der Waals surface area contributed by atoms with Crippen molar-refractivity contribution < 1.29 is 9.53 Å². The van der Waals surface area contributed by atoms with E-state index in [9.17, 15) is 4.79 Å². The van der Waals surface area contributed by atoms with Gasteiger partial charge in [0.2, 0.25) is 0 Å². The third kappa shape index (κ3) is 5.24. The monoisotopic (exact) mass is 422 g/mol. The van der Waals surface area contributed by atoms with Gasteiger partial charge in [0.25, 0.3) is 5.91 Å². The Morgan fingerprint density at radius 3 is 2.74 bits per heavy atom. The van der Waals surface area contributed by atoms with Gasteiger partial charge in [-0.05, 0) is 56.8 Å². The van der Waals surface area contributed by atoms with Crippen molar-refractivity contribution in [1.29, 1.82) is 0 Å². The van der Waals surface area contributed by atoms with Gasteiger partial charge in [-0.2, -0.15) is 0 Å². The van der Waals surface area contributed by atoms with Gasteiger partial charge in [0.15, 0.2) is 0 Å². The van der Waals surface area contributed by atoms with Crippen molar-refractivity contribution in [3.05, 3.63) is 53.1 Å². The largest absolute Gasteiger partial charge is 0.497 e. The maximum Gasteiger partial charge on any atom is 0.254 e. The lowest BCUT2D eigenvalue weighted by Crippen LogP contribution is -2.43. The molecular formula is C25H34N4O2. The molecule has 1 saturated heterocycles. The standard InChI is InChI=1S/C25H34N4O2/c1-18-22(25(30)27-16-19-9-8-12-21(15-19)31-2)17-26-24(28-18)23-13-6-7-14-29(23)20-10-4-3-5-11-20/h8-9,12,15,17,20,23H,3-7,10-11,13-14,16H2,1-2H3,(H,27,30). The molecule has 2 heterocycles. The number of piperidine rings is 1. The van der Waals surface area contributed by atoms with Crippen molar-refractivity contribution >= 4 is 5.91 Å². The zero-order valence-electron chi connectivity index (χ0n) is 18.8. The maximum absolute atomic E-state index is 12.8. The van der Waals surface area contributed by atoms with Crippen LogP contribution in [0.15, 0.2) is 30.5 Å². The van der Waals surface area contributed by atoms with Gasteiger partial charge in [-0.1, -0.05) is 37.8 Å². The minimum atomic E-state index is -0.139. The van der Waals surface area contributed by atoms with Crippen LogP contribution >= 0.6 is 0 Å². The lowest BCUT2D eigenvalue weighted by atomic mass is 9.90. The number of rotatable bonds is 6. The van der Waals surface area contributed by atoms with Gasteiger partial charge < -0.3 is 10.1 Å². The number of likely N-dealkylation sites (tertiary alicyclic amines) is 1. The van der Waals surface area contributed by atoms with Crippen LogP contribution in [0.1, 0.15) is 84.8 Å². The Balaban J connectivity index is 1.44. The number of methoxy groups -OCH3 is 1. The molecule has 1 aliphatic heterocycles. The van der Waals surface area contributed by atoms with Crippen LogP contribution in [0.2, 0.25) is 0 Å². The van der Waals surface area contributed by atoms with E-state index in [0.29, 0.717) is 18.2 Å². The topological polar surface area (TPSA) is 67.3 Å². The first-order valence-electron chi connectivity index (χ1n) is 11.7. The van der Waals surface area contributed by atoms with Crippen LogP contribution in [0.5, 0.6) is 5.75 Å². The summed E-state index contributed by atoms with van der Waals surface area (Å²) in [5, 5.41) is 2.98. The van der Waals surface area contributed by atoms with Crippen molar-refractivity contribution in [2.75, 3.05) is 13.7 Å². The first-order valence-corrected chi connectivity index (χ1v) is 11.7. The number of carbonyl (C=O) groups is 1. The molecule has 2 aromatic rings. The van der Waals surface area contributed by atoms with E-state index in [1.165, 1.54) is 44.9 Å². The molecule has 6 nitrogen and oxygen atoms in total. The van der Waals surface area contributed by atoms with E-state index in [2.05, 4.69) is 15.2 Å². The summed E-state index contributed by atoms with van der Waals surface area (Å²) in [5.74, 6) is 1.53. The Kier molecular flexibility index (Phi) is 7.17. The molecule has 166 valence electrons. The predicted octanol–water partition coefficient (Wildman–Crippen LogP) is 4.58. The summed E-state index contributed by atoms with van der Waals surface area (Å²) in [6.45, 7) is 3.50. The van der Waals surface area contributed by atoms with Gasteiger partial charge in [-0.15, -0.1) is 0 Å². The number of nitrogens with zero attached hydrogens (tertiary/aromatic N) is 3. The number of hydrogen-bond acceptors (Lipinski definition) is 5. The number of ether oxygens (including phenoxy) is 1. The fourth-order valence-electron chi connectivity index (χ4n) is 5.01. The third-order valence-corrected chi connectivity index (χ3v) is 6.72. The van der Waals surface area contributed by atoms with E-state index in [1.54, 1.807) is 13.3 Å². The highest BCUT2D eigenvalue weighted by Gasteiger charge is 2.32. The van der Waals surface area contributed by atoms with Gasteiger partial charge in [0.1, 0.15) is 11.6 Å². The molecule has 1 aliphatic carbocycles. The minimum absolute atomic E-state index is 0.139. The van der Waals surface area contributed by atoms with Crippen LogP contribution in [0.25, 0.3) is 0 Å². The van der Waals surface area contributed by atoms with Gasteiger partial charge >= 0.3 is 0 Å². The smallest absolute Gasteiger partial charge is 0.254 e. The second kappa shape index (κ2) is 10.2. The first-order chi connectivity index (χ1) is 15.2. The summed E-state index contributed by atoms with van der Waals surface area (Å²) in [4.78, 5) is 24.9. The normalized spacial score (nSPS) is 20.4. The van der Waals surface area contributed by atoms with E-state index in [-0.39, 0.29) is 11.9 Å². The Labute approximate surface area is 185 Å². The van der Waals surface area contributed by atoms with Crippen molar-refractivity contribution in [1.82, 2.24) is 20.2 Å². The first kappa shape index (κ1) is 21.8. The average Bonchev–Trinajstić information content (AvgIpc) is 2.83. The fourth-order valence-corrected chi connectivity index (χ4v) is 5.01. The third-order valence-electron chi connectivity index (χ3n) is 6.72. The molecule has 1 saturated carbocycles. The fraction of sp³-hybridized carbons (Fsp3) is 0.560. The number of hydrogen-bond donors (Lipinski definition) is 1. The molecule has 1 unspecified atom stereocenters. The van der Waals surface area contributed by atoms with E-state index in [1.807, 2.05) is 31.2 Å². The van der Waals surface area contributed by atoms with Crippen molar-refractivity contribution in [3.8, 4) is 5.75 Å². The zero-order chi connectivity index (χ0) is 21.6. The lowest BCUT2D eigenvalue weighted by molar-refractivity contribution is 0.0674. The summed E-state index contributed by atoms with van der Waals surface area (Å²) >= 11 is 0. The van der Waals surface area contributed by atoms with E-state index >= 15 is 0 Å². The summed E-state index contributed by atoms with van der Waals surface area (Å²) in [6.07, 6.45) is 11.9. The predicted molar refractivity (Wildman–Crippen MR) is 121 cm³/mol. The van der Waals surface area contributed by atoms with Crippen LogP contribution in [-0.4, -0.2) is 40.5 Å². The molecule has 2 aliphatic rings.